The Morgan fingerprint density at radius 1 is 1.44 bits per heavy atom. The summed E-state index contributed by atoms with van der Waals surface area (Å²) in [6.07, 6.45) is 4.71. The summed E-state index contributed by atoms with van der Waals surface area (Å²) in [6, 6.07) is 5.86. The van der Waals surface area contributed by atoms with Crippen LogP contribution in [0.15, 0.2) is 24.4 Å². The first-order valence-corrected chi connectivity index (χ1v) is 9.10. The Morgan fingerprint density at radius 3 is 3.04 bits per heavy atom. The number of ether oxygens (including phenoxy) is 2. The zero-order chi connectivity index (χ0) is 17.8. The van der Waals surface area contributed by atoms with E-state index >= 15 is 0 Å². The molecule has 5 heteroatoms. The second kappa shape index (κ2) is 7.91. The minimum absolute atomic E-state index is 0.0526. The van der Waals surface area contributed by atoms with Gasteiger partial charge in [0.05, 0.1) is 19.6 Å². The van der Waals surface area contributed by atoms with E-state index in [0.717, 1.165) is 41.7 Å². The molecule has 1 aliphatic rings. The number of H-pyrrole nitrogens is 1. The molecule has 2 heterocycles. The molecule has 2 aromatic rings. The van der Waals surface area contributed by atoms with E-state index in [4.69, 9.17) is 9.47 Å². The third kappa shape index (κ3) is 4.15. The van der Waals surface area contributed by atoms with Gasteiger partial charge in [-0.05, 0) is 42.5 Å². The van der Waals surface area contributed by atoms with Crippen LogP contribution in [0.25, 0.3) is 10.9 Å². The van der Waals surface area contributed by atoms with Crippen LogP contribution < -0.4 is 10.1 Å². The molecule has 25 heavy (non-hydrogen) atoms. The van der Waals surface area contributed by atoms with Crippen molar-refractivity contribution in [2.24, 2.45) is 11.8 Å². The van der Waals surface area contributed by atoms with Gasteiger partial charge in [-0.1, -0.05) is 13.8 Å². The van der Waals surface area contributed by atoms with Crippen LogP contribution >= 0.6 is 0 Å². The first-order chi connectivity index (χ1) is 12.1. The first-order valence-electron chi connectivity index (χ1n) is 9.10. The lowest BCUT2D eigenvalue weighted by Crippen LogP contribution is -2.41. The topological polar surface area (TPSA) is 63.4 Å². The van der Waals surface area contributed by atoms with Crippen LogP contribution in [0.2, 0.25) is 0 Å². The monoisotopic (exact) mass is 344 g/mol. The molecule has 1 aromatic carbocycles. The van der Waals surface area contributed by atoms with Gasteiger partial charge in [-0.2, -0.15) is 0 Å². The van der Waals surface area contributed by atoms with Crippen molar-refractivity contribution in [2.75, 3.05) is 20.3 Å². The zero-order valence-corrected chi connectivity index (χ0v) is 15.3. The Kier molecular flexibility index (Phi) is 5.63. The lowest BCUT2D eigenvalue weighted by Gasteiger charge is -2.34. The molecule has 0 radical (unpaired) electrons. The summed E-state index contributed by atoms with van der Waals surface area (Å²) in [5.41, 5.74) is 2.01. The predicted octanol–water partition coefficient (Wildman–Crippen LogP) is 3.29. The molecule has 0 spiro atoms. The minimum Gasteiger partial charge on any atom is -0.497 e. The van der Waals surface area contributed by atoms with Crippen LogP contribution in [0.3, 0.4) is 0 Å². The second-order valence-corrected chi connectivity index (χ2v) is 7.19. The average molecular weight is 344 g/mol. The molecule has 3 rings (SSSR count). The largest absolute Gasteiger partial charge is 0.497 e. The van der Waals surface area contributed by atoms with Crippen LogP contribution in [0.4, 0.5) is 0 Å². The normalized spacial score (nSPS) is 20.8. The number of carbonyl (C=O) groups is 1. The van der Waals surface area contributed by atoms with E-state index in [1.165, 1.54) is 0 Å². The predicted molar refractivity (Wildman–Crippen MR) is 98.9 cm³/mol. The Bertz CT molecular complexity index is 723. The Balaban J connectivity index is 1.61. The maximum absolute atomic E-state index is 12.4. The van der Waals surface area contributed by atoms with Crippen molar-refractivity contribution < 1.29 is 14.3 Å². The SMILES string of the molecule is COc1ccc2[nH]cc(CC(=O)NCC3CCCOC3C(C)C)c2c1. The van der Waals surface area contributed by atoms with Gasteiger partial charge in [0, 0.05) is 36.2 Å². The maximum Gasteiger partial charge on any atom is 0.224 e. The van der Waals surface area contributed by atoms with E-state index in [0.29, 0.717) is 24.8 Å². The molecule has 2 atom stereocenters. The van der Waals surface area contributed by atoms with Gasteiger partial charge in [-0.25, -0.2) is 0 Å². The standard InChI is InChI=1S/C20H28N2O3/c1-13(2)20-14(5-4-8-25-20)11-22-19(23)9-15-12-21-18-7-6-16(24-3)10-17(15)18/h6-7,10,12-14,20-21H,4-5,8-9,11H2,1-3H3,(H,22,23). The fraction of sp³-hybridized carbons (Fsp3) is 0.550. The van der Waals surface area contributed by atoms with Gasteiger partial charge in [-0.15, -0.1) is 0 Å². The van der Waals surface area contributed by atoms with Crippen molar-refractivity contribution in [1.29, 1.82) is 0 Å². The number of hydrogen-bond acceptors (Lipinski definition) is 3. The van der Waals surface area contributed by atoms with E-state index in [1.54, 1.807) is 7.11 Å². The van der Waals surface area contributed by atoms with Gasteiger partial charge < -0.3 is 19.8 Å². The number of nitrogens with one attached hydrogen (secondary N) is 2. The highest BCUT2D eigenvalue weighted by atomic mass is 16.5. The molecular formula is C20H28N2O3. The molecule has 5 nitrogen and oxygen atoms in total. The summed E-state index contributed by atoms with van der Waals surface area (Å²) in [7, 11) is 1.65. The first kappa shape index (κ1) is 17.8. The number of amides is 1. The summed E-state index contributed by atoms with van der Waals surface area (Å²) in [4.78, 5) is 15.6. The van der Waals surface area contributed by atoms with Gasteiger partial charge in [0.1, 0.15) is 5.75 Å². The third-order valence-corrected chi connectivity index (χ3v) is 5.04. The lowest BCUT2D eigenvalue weighted by atomic mass is 9.87. The van der Waals surface area contributed by atoms with Crippen molar-refractivity contribution in [2.45, 2.75) is 39.2 Å². The van der Waals surface area contributed by atoms with Crippen LogP contribution in [0, 0.1) is 11.8 Å². The summed E-state index contributed by atoms with van der Waals surface area (Å²) in [5, 5.41) is 4.14. The molecule has 136 valence electrons. The summed E-state index contributed by atoms with van der Waals surface area (Å²) >= 11 is 0. The van der Waals surface area contributed by atoms with Gasteiger partial charge >= 0.3 is 0 Å². The van der Waals surface area contributed by atoms with Crippen molar-refractivity contribution in [3.63, 3.8) is 0 Å². The molecule has 1 aromatic heterocycles. The van der Waals surface area contributed by atoms with Crippen LogP contribution in [0.1, 0.15) is 32.3 Å². The Hall–Kier alpha value is -2.01. The molecule has 2 N–H and O–H groups in total. The number of aromatic nitrogens is 1. The highest BCUT2D eigenvalue weighted by Crippen LogP contribution is 2.26. The number of carbonyl (C=O) groups excluding carboxylic acids is 1. The van der Waals surface area contributed by atoms with Crippen molar-refractivity contribution >= 4 is 16.8 Å². The molecular weight excluding hydrogens is 316 g/mol. The van der Waals surface area contributed by atoms with Crippen molar-refractivity contribution in [3.05, 3.63) is 30.0 Å². The highest BCUT2D eigenvalue weighted by molar-refractivity contribution is 5.89. The van der Waals surface area contributed by atoms with E-state index in [1.807, 2.05) is 24.4 Å². The third-order valence-electron chi connectivity index (χ3n) is 5.04. The van der Waals surface area contributed by atoms with Crippen LogP contribution in [-0.4, -0.2) is 37.3 Å². The maximum atomic E-state index is 12.4. The minimum atomic E-state index is 0.0526. The number of aromatic amines is 1. The second-order valence-electron chi connectivity index (χ2n) is 7.19. The smallest absolute Gasteiger partial charge is 0.224 e. The zero-order valence-electron chi connectivity index (χ0n) is 15.3. The summed E-state index contributed by atoms with van der Waals surface area (Å²) in [6.45, 7) is 5.89. The molecule has 1 amide bonds. The van der Waals surface area contributed by atoms with Crippen molar-refractivity contribution in [3.8, 4) is 5.75 Å². The Morgan fingerprint density at radius 2 is 2.28 bits per heavy atom. The number of methoxy groups -OCH3 is 1. The molecule has 1 saturated heterocycles. The summed E-state index contributed by atoms with van der Waals surface area (Å²) < 4.78 is 11.2. The van der Waals surface area contributed by atoms with Gasteiger partial charge in [0.15, 0.2) is 0 Å². The van der Waals surface area contributed by atoms with E-state index in [-0.39, 0.29) is 12.0 Å². The number of rotatable bonds is 6. The number of fused-ring (bicyclic) bond motifs is 1. The van der Waals surface area contributed by atoms with Gasteiger partial charge in [-0.3, -0.25) is 4.79 Å². The average Bonchev–Trinajstić information content (AvgIpc) is 3.02. The molecule has 1 aliphatic heterocycles. The number of benzene rings is 1. The number of hydrogen-bond donors (Lipinski definition) is 2. The molecule has 0 bridgehead atoms. The fourth-order valence-corrected chi connectivity index (χ4v) is 3.73. The summed E-state index contributed by atoms with van der Waals surface area (Å²) in [5.74, 6) is 1.73. The molecule has 1 fully saturated rings. The molecule has 0 saturated carbocycles. The quantitative estimate of drug-likeness (QED) is 0.845. The lowest BCUT2D eigenvalue weighted by molar-refractivity contribution is -0.121. The van der Waals surface area contributed by atoms with Gasteiger partial charge in [0.25, 0.3) is 0 Å². The molecule has 2 unspecified atom stereocenters. The van der Waals surface area contributed by atoms with Gasteiger partial charge in [0.2, 0.25) is 5.91 Å². The van der Waals surface area contributed by atoms with E-state index < -0.39 is 0 Å². The van der Waals surface area contributed by atoms with E-state index in [2.05, 4.69) is 24.1 Å². The molecule has 0 aliphatic carbocycles. The highest BCUT2D eigenvalue weighted by Gasteiger charge is 2.28. The fourth-order valence-electron chi connectivity index (χ4n) is 3.73. The van der Waals surface area contributed by atoms with Crippen LogP contribution in [0.5, 0.6) is 5.75 Å². The Labute approximate surface area is 149 Å². The van der Waals surface area contributed by atoms with E-state index in [9.17, 15) is 4.79 Å². The van der Waals surface area contributed by atoms with Crippen molar-refractivity contribution in [1.82, 2.24) is 10.3 Å². The van der Waals surface area contributed by atoms with Crippen LogP contribution in [-0.2, 0) is 16.0 Å².